The van der Waals surface area contributed by atoms with Crippen molar-refractivity contribution in [2.45, 2.75) is 6.92 Å². The molecule has 0 N–H and O–H groups in total. The Labute approximate surface area is 90.9 Å². The SMILES string of the molecule is C=C(c1cc[c]cc1)c1ccccc1C. The first-order chi connectivity index (χ1) is 7.29. The van der Waals surface area contributed by atoms with E-state index in [4.69, 9.17) is 0 Å². The smallest absolute Gasteiger partial charge is 0.0155 e. The molecule has 0 heterocycles. The van der Waals surface area contributed by atoms with Crippen molar-refractivity contribution in [1.29, 1.82) is 0 Å². The molecule has 0 saturated carbocycles. The van der Waals surface area contributed by atoms with Crippen LogP contribution in [0.15, 0.2) is 55.1 Å². The highest BCUT2D eigenvalue weighted by molar-refractivity contribution is 5.79. The molecule has 0 saturated heterocycles. The van der Waals surface area contributed by atoms with Crippen LogP contribution in [0.4, 0.5) is 0 Å². The summed E-state index contributed by atoms with van der Waals surface area (Å²) in [5, 5.41) is 0. The molecule has 0 bridgehead atoms. The van der Waals surface area contributed by atoms with Crippen molar-refractivity contribution in [2.75, 3.05) is 0 Å². The topological polar surface area (TPSA) is 0 Å². The van der Waals surface area contributed by atoms with Crippen LogP contribution >= 0.6 is 0 Å². The summed E-state index contributed by atoms with van der Waals surface area (Å²) in [6.07, 6.45) is 0. The van der Waals surface area contributed by atoms with Crippen LogP contribution in [0.3, 0.4) is 0 Å². The molecular weight excluding hydrogens is 180 g/mol. The predicted octanol–water partition coefficient (Wildman–Crippen LogP) is 3.86. The van der Waals surface area contributed by atoms with Gasteiger partial charge in [-0.15, -0.1) is 0 Å². The third kappa shape index (κ3) is 1.99. The zero-order valence-electron chi connectivity index (χ0n) is 8.83. The largest absolute Gasteiger partial charge is 0.0905 e. The van der Waals surface area contributed by atoms with Crippen molar-refractivity contribution >= 4 is 5.57 Å². The number of rotatable bonds is 2. The van der Waals surface area contributed by atoms with Gasteiger partial charge >= 0.3 is 0 Å². The molecule has 15 heavy (non-hydrogen) atoms. The van der Waals surface area contributed by atoms with Crippen LogP contribution < -0.4 is 0 Å². The lowest BCUT2D eigenvalue weighted by atomic mass is 9.96. The highest BCUT2D eigenvalue weighted by atomic mass is 14.1. The van der Waals surface area contributed by atoms with E-state index < -0.39 is 0 Å². The maximum Gasteiger partial charge on any atom is -0.0155 e. The number of benzene rings is 2. The van der Waals surface area contributed by atoms with E-state index in [9.17, 15) is 0 Å². The lowest BCUT2D eigenvalue weighted by Crippen LogP contribution is -1.88. The van der Waals surface area contributed by atoms with Gasteiger partial charge in [0.2, 0.25) is 0 Å². The van der Waals surface area contributed by atoms with Gasteiger partial charge in [0.25, 0.3) is 0 Å². The Morgan fingerprint density at radius 2 is 1.73 bits per heavy atom. The monoisotopic (exact) mass is 193 g/mol. The van der Waals surface area contributed by atoms with E-state index in [1.807, 2.05) is 36.4 Å². The summed E-state index contributed by atoms with van der Waals surface area (Å²) in [5.74, 6) is 0. The fourth-order valence-electron chi connectivity index (χ4n) is 1.66. The van der Waals surface area contributed by atoms with E-state index >= 15 is 0 Å². The fourth-order valence-corrected chi connectivity index (χ4v) is 1.66. The van der Waals surface area contributed by atoms with Crippen molar-refractivity contribution < 1.29 is 0 Å². The first kappa shape index (κ1) is 9.72. The summed E-state index contributed by atoms with van der Waals surface area (Å²) >= 11 is 0. The number of hydrogen-bond acceptors (Lipinski definition) is 0. The minimum absolute atomic E-state index is 1.07. The highest BCUT2D eigenvalue weighted by Gasteiger charge is 2.03. The van der Waals surface area contributed by atoms with Gasteiger partial charge in [-0.1, -0.05) is 55.1 Å². The molecule has 0 aliphatic heterocycles. The molecule has 0 spiro atoms. The van der Waals surface area contributed by atoms with Gasteiger partial charge in [-0.2, -0.15) is 0 Å². The van der Waals surface area contributed by atoms with Crippen molar-refractivity contribution in [1.82, 2.24) is 0 Å². The van der Waals surface area contributed by atoms with E-state index in [0.717, 1.165) is 11.1 Å². The molecule has 0 aromatic heterocycles. The van der Waals surface area contributed by atoms with E-state index in [1.54, 1.807) is 0 Å². The van der Waals surface area contributed by atoms with Gasteiger partial charge in [0, 0.05) is 0 Å². The van der Waals surface area contributed by atoms with Gasteiger partial charge in [0.05, 0.1) is 0 Å². The summed E-state index contributed by atoms with van der Waals surface area (Å²) in [5.41, 5.74) is 4.70. The van der Waals surface area contributed by atoms with Gasteiger partial charge in [0.1, 0.15) is 0 Å². The fraction of sp³-hybridized carbons (Fsp3) is 0.0667. The van der Waals surface area contributed by atoms with Gasteiger partial charge < -0.3 is 0 Å². The Morgan fingerprint density at radius 3 is 2.40 bits per heavy atom. The maximum absolute atomic E-state index is 4.14. The second kappa shape index (κ2) is 4.14. The van der Waals surface area contributed by atoms with Crippen LogP contribution in [0.1, 0.15) is 16.7 Å². The normalized spacial score (nSPS) is 9.93. The lowest BCUT2D eigenvalue weighted by Gasteiger charge is -2.08. The molecule has 0 unspecified atom stereocenters. The minimum atomic E-state index is 1.07. The standard InChI is InChI=1S/C15H13/c1-12-8-6-7-11-15(12)13(2)14-9-4-3-5-10-14/h4-11H,2H2,1H3. The molecular formula is C15H13. The van der Waals surface area contributed by atoms with Crippen molar-refractivity contribution in [3.63, 3.8) is 0 Å². The Kier molecular flexibility index (Phi) is 2.68. The summed E-state index contributed by atoms with van der Waals surface area (Å²) in [6, 6.07) is 19.2. The molecule has 2 aromatic carbocycles. The van der Waals surface area contributed by atoms with Gasteiger partial charge in [-0.25, -0.2) is 0 Å². The third-order valence-corrected chi connectivity index (χ3v) is 2.54. The lowest BCUT2D eigenvalue weighted by molar-refractivity contribution is 1.42. The molecule has 2 rings (SSSR count). The average Bonchev–Trinajstić information content (AvgIpc) is 2.30. The molecule has 0 nitrogen and oxygen atoms in total. The second-order valence-corrected chi connectivity index (χ2v) is 3.58. The van der Waals surface area contributed by atoms with Crippen LogP contribution in [0.25, 0.3) is 5.57 Å². The van der Waals surface area contributed by atoms with E-state index in [0.29, 0.717) is 0 Å². The number of aryl methyl sites for hydroxylation is 1. The van der Waals surface area contributed by atoms with Crippen molar-refractivity contribution in [3.8, 4) is 0 Å². The summed E-state index contributed by atoms with van der Waals surface area (Å²) < 4.78 is 0. The van der Waals surface area contributed by atoms with E-state index in [1.165, 1.54) is 11.1 Å². The zero-order valence-corrected chi connectivity index (χ0v) is 8.83. The Balaban J connectivity index is 2.42. The predicted molar refractivity (Wildman–Crippen MR) is 64.6 cm³/mol. The van der Waals surface area contributed by atoms with Crippen LogP contribution in [-0.4, -0.2) is 0 Å². The Morgan fingerprint density at radius 1 is 1.07 bits per heavy atom. The van der Waals surface area contributed by atoms with Crippen molar-refractivity contribution in [2.24, 2.45) is 0 Å². The Hall–Kier alpha value is -1.82. The molecule has 0 amide bonds. The van der Waals surface area contributed by atoms with Gasteiger partial charge in [-0.3, -0.25) is 0 Å². The first-order valence-corrected chi connectivity index (χ1v) is 5.00. The molecule has 73 valence electrons. The van der Waals surface area contributed by atoms with Gasteiger partial charge in [0.15, 0.2) is 0 Å². The van der Waals surface area contributed by atoms with Crippen LogP contribution in [0.2, 0.25) is 0 Å². The van der Waals surface area contributed by atoms with Crippen LogP contribution in [-0.2, 0) is 0 Å². The molecule has 0 heteroatoms. The van der Waals surface area contributed by atoms with E-state index in [-0.39, 0.29) is 0 Å². The Bertz CT molecular complexity index is 466. The quantitative estimate of drug-likeness (QED) is 0.679. The van der Waals surface area contributed by atoms with E-state index in [2.05, 4.69) is 31.7 Å². The molecule has 0 aliphatic rings. The first-order valence-electron chi connectivity index (χ1n) is 5.00. The molecule has 0 fully saturated rings. The molecule has 0 atom stereocenters. The van der Waals surface area contributed by atoms with Crippen LogP contribution in [0.5, 0.6) is 0 Å². The molecule has 0 aliphatic carbocycles. The minimum Gasteiger partial charge on any atom is -0.0905 e. The average molecular weight is 193 g/mol. The summed E-state index contributed by atoms with van der Waals surface area (Å²) in [4.78, 5) is 0. The zero-order chi connectivity index (χ0) is 10.7. The third-order valence-electron chi connectivity index (χ3n) is 2.54. The number of hydrogen-bond donors (Lipinski definition) is 0. The van der Waals surface area contributed by atoms with Crippen LogP contribution in [0, 0.1) is 13.0 Å². The molecule has 2 aromatic rings. The second-order valence-electron chi connectivity index (χ2n) is 3.58. The van der Waals surface area contributed by atoms with Gasteiger partial charge in [-0.05, 0) is 35.3 Å². The summed E-state index contributed by atoms with van der Waals surface area (Å²) in [7, 11) is 0. The molecule has 1 radical (unpaired) electrons. The van der Waals surface area contributed by atoms with Crippen molar-refractivity contribution in [3.05, 3.63) is 77.9 Å². The maximum atomic E-state index is 4.14. The summed E-state index contributed by atoms with van der Waals surface area (Å²) in [6.45, 7) is 6.25. The highest BCUT2D eigenvalue weighted by Crippen LogP contribution is 2.23.